The van der Waals surface area contributed by atoms with Crippen molar-refractivity contribution in [1.29, 1.82) is 0 Å². The number of carbonyl (C=O) groups is 1. The molecule has 0 spiro atoms. The summed E-state index contributed by atoms with van der Waals surface area (Å²) < 4.78 is 65.0. The van der Waals surface area contributed by atoms with Crippen molar-refractivity contribution in [3.63, 3.8) is 0 Å². The van der Waals surface area contributed by atoms with Gasteiger partial charge >= 0.3 is 23.4 Å². The van der Waals surface area contributed by atoms with Gasteiger partial charge in [0.15, 0.2) is 5.75 Å². The average Bonchev–Trinajstić information content (AvgIpc) is 2.79. The molecule has 3 rings (SSSR count). The van der Waals surface area contributed by atoms with Gasteiger partial charge < -0.3 is 14.3 Å². The minimum absolute atomic E-state index is 0.0940. The van der Waals surface area contributed by atoms with Gasteiger partial charge in [-0.2, -0.15) is 13.2 Å². The van der Waals surface area contributed by atoms with Gasteiger partial charge in [-0.15, -0.1) is 4.73 Å². The van der Waals surface area contributed by atoms with Crippen molar-refractivity contribution < 1.29 is 36.7 Å². The standard InChI is InChI=1S/C21H16ClF4N3O7/c1-3-34-18(31)10-35-28-6-4-5-14(19(28)32)36-15-8-13(12(23)7-11(15)22)29-17(30)9-16(21(24,25)26)27(2)20(29)33/h4-9H,3,10H2,1-2H3. The van der Waals surface area contributed by atoms with Crippen molar-refractivity contribution in [2.75, 3.05) is 13.2 Å². The summed E-state index contributed by atoms with van der Waals surface area (Å²) in [7, 11) is 0.759. The molecule has 0 N–H and O–H groups in total. The van der Waals surface area contributed by atoms with E-state index in [0.717, 1.165) is 19.3 Å². The molecule has 1 aromatic carbocycles. The smallest absolute Gasteiger partial charge is 0.431 e. The fraction of sp³-hybridized carbons (Fsp3) is 0.238. The lowest BCUT2D eigenvalue weighted by Crippen LogP contribution is -2.41. The van der Waals surface area contributed by atoms with E-state index in [2.05, 4.69) is 4.74 Å². The molecule has 0 saturated carbocycles. The van der Waals surface area contributed by atoms with Crippen molar-refractivity contribution >= 4 is 17.6 Å². The Kier molecular flexibility index (Phi) is 7.57. The molecule has 2 aromatic heterocycles. The lowest BCUT2D eigenvalue weighted by molar-refractivity contribution is -0.148. The highest BCUT2D eigenvalue weighted by molar-refractivity contribution is 6.32. The largest absolute Gasteiger partial charge is 0.463 e. The molecule has 3 aromatic rings. The van der Waals surface area contributed by atoms with Gasteiger partial charge in [0.25, 0.3) is 5.56 Å². The van der Waals surface area contributed by atoms with Crippen molar-refractivity contribution in [2.24, 2.45) is 7.05 Å². The van der Waals surface area contributed by atoms with Crippen LogP contribution in [0.3, 0.4) is 0 Å². The van der Waals surface area contributed by atoms with E-state index >= 15 is 0 Å². The maximum Gasteiger partial charge on any atom is 0.431 e. The number of carbonyl (C=O) groups excluding carboxylic acids is 1. The van der Waals surface area contributed by atoms with Crippen LogP contribution in [0.2, 0.25) is 5.02 Å². The van der Waals surface area contributed by atoms with E-state index in [4.69, 9.17) is 21.2 Å². The second-order valence-corrected chi connectivity index (χ2v) is 7.37. The predicted octanol–water partition coefficient (Wildman–Crippen LogP) is 2.29. The SMILES string of the molecule is CCOC(=O)COn1cccc(Oc2cc(-n3c(=O)cc(C(F)(F)F)n(C)c3=O)c(F)cc2Cl)c1=O. The lowest BCUT2D eigenvalue weighted by atomic mass is 10.2. The number of ether oxygens (including phenoxy) is 2. The first kappa shape index (κ1) is 26.5. The monoisotopic (exact) mass is 533 g/mol. The van der Waals surface area contributed by atoms with Gasteiger partial charge in [-0.05, 0) is 25.1 Å². The van der Waals surface area contributed by atoms with Crippen LogP contribution in [0.1, 0.15) is 12.6 Å². The van der Waals surface area contributed by atoms with Crippen molar-refractivity contribution in [3.8, 4) is 17.2 Å². The molecule has 0 amide bonds. The number of aromatic nitrogens is 3. The van der Waals surface area contributed by atoms with Crippen molar-refractivity contribution in [3.05, 3.63) is 84.3 Å². The van der Waals surface area contributed by atoms with Gasteiger partial charge in [0.2, 0.25) is 6.61 Å². The molecule has 15 heteroatoms. The fourth-order valence-electron chi connectivity index (χ4n) is 2.97. The molecule has 0 fully saturated rings. The van der Waals surface area contributed by atoms with Crippen molar-refractivity contribution in [1.82, 2.24) is 13.9 Å². The number of alkyl halides is 3. The first-order chi connectivity index (χ1) is 16.8. The van der Waals surface area contributed by atoms with E-state index < -0.39 is 69.3 Å². The van der Waals surface area contributed by atoms with E-state index in [-0.39, 0.29) is 21.8 Å². The Bertz CT molecular complexity index is 1490. The summed E-state index contributed by atoms with van der Waals surface area (Å²) in [6, 6.07) is 4.02. The van der Waals surface area contributed by atoms with Crippen LogP contribution in [0.15, 0.2) is 50.9 Å². The van der Waals surface area contributed by atoms with Gasteiger partial charge in [0, 0.05) is 25.4 Å². The number of benzene rings is 1. The molecule has 0 unspecified atom stereocenters. The number of halogens is 5. The summed E-state index contributed by atoms with van der Waals surface area (Å²) in [5.74, 6) is -2.81. The zero-order chi connectivity index (χ0) is 26.8. The third-order valence-electron chi connectivity index (χ3n) is 4.58. The Balaban J connectivity index is 2.04. The van der Waals surface area contributed by atoms with E-state index in [1.807, 2.05) is 0 Å². The number of hydrogen-bond donors (Lipinski definition) is 0. The molecule has 192 valence electrons. The molecule has 0 atom stereocenters. The summed E-state index contributed by atoms with van der Waals surface area (Å²) in [6.45, 7) is 1.07. The molecule has 0 bridgehead atoms. The second-order valence-electron chi connectivity index (χ2n) is 6.96. The predicted molar refractivity (Wildman–Crippen MR) is 116 cm³/mol. The van der Waals surface area contributed by atoms with Crippen LogP contribution in [0.4, 0.5) is 17.6 Å². The first-order valence-corrected chi connectivity index (χ1v) is 10.3. The van der Waals surface area contributed by atoms with Gasteiger partial charge in [0.05, 0.1) is 17.3 Å². The summed E-state index contributed by atoms with van der Waals surface area (Å²) in [6.07, 6.45) is -3.85. The topological polar surface area (TPSA) is 111 Å². The molecule has 2 heterocycles. The summed E-state index contributed by atoms with van der Waals surface area (Å²) in [5, 5.41) is -0.393. The van der Waals surface area contributed by atoms with Crippen LogP contribution in [0.25, 0.3) is 5.69 Å². The summed E-state index contributed by atoms with van der Waals surface area (Å²) in [4.78, 5) is 53.9. The highest BCUT2D eigenvalue weighted by Crippen LogP contribution is 2.32. The number of hydrogen-bond acceptors (Lipinski definition) is 7. The first-order valence-electron chi connectivity index (χ1n) is 9.93. The molecule has 0 aliphatic carbocycles. The number of pyridine rings is 1. The Labute approximate surface area is 203 Å². The van der Waals surface area contributed by atoms with Crippen molar-refractivity contribution in [2.45, 2.75) is 13.1 Å². The maximum absolute atomic E-state index is 14.7. The molecule has 0 aliphatic rings. The summed E-state index contributed by atoms with van der Waals surface area (Å²) >= 11 is 5.98. The molecule has 0 radical (unpaired) electrons. The van der Waals surface area contributed by atoms with Crippen LogP contribution in [0, 0.1) is 5.82 Å². The number of esters is 1. The molecular formula is C21H16ClF4N3O7. The van der Waals surface area contributed by atoms with Gasteiger partial charge in [-0.3, -0.25) is 14.2 Å². The Hall–Kier alpha value is -4.07. The van der Waals surface area contributed by atoms with Gasteiger partial charge in [-0.1, -0.05) is 11.6 Å². The lowest BCUT2D eigenvalue weighted by Gasteiger charge is -2.15. The Morgan fingerprint density at radius 2 is 1.81 bits per heavy atom. The van der Waals surface area contributed by atoms with Crippen LogP contribution >= 0.6 is 11.6 Å². The third kappa shape index (κ3) is 5.43. The van der Waals surface area contributed by atoms with E-state index in [0.29, 0.717) is 10.8 Å². The molecule has 0 aliphatic heterocycles. The highest BCUT2D eigenvalue weighted by Gasteiger charge is 2.35. The zero-order valence-electron chi connectivity index (χ0n) is 18.5. The zero-order valence-corrected chi connectivity index (χ0v) is 19.2. The quantitative estimate of drug-likeness (QED) is 0.338. The fourth-order valence-corrected chi connectivity index (χ4v) is 3.16. The van der Waals surface area contributed by atoms with Crippen LogP contribution in [-0.4, -0.2) is 33.0 Å². The number of rotatable bonds is 7. The minimum atomic E-state index is -5.01. The molecule has 10 nitrogen and oxygen atoms in total. The van der Waals surface area contributed by atoms with Crippen LogP contribution in [0.5, 0.6) is 11.5 Å². The Morgan fingerprint density at radius 1 is 1.11 bits per heavy atom. The highest BCUT2D eigenvalue weighted by atomic mass is 35.5. The van der Waals surface area contributed by atoms with Crippen LogP contribution < -0.4 is 26.4 Å². The summed E-state index contributed by atoms with van der Waals surface area (Å²) in [5.41, 5.74) is -6.18. The Morgan fingerprint density at radius 3 is 2.44 bits per heavy atom. The maximum atomic E-state index is 14.7. The van der Waals surface area contributed by atoms with E-state index in [9.17, 15) is 36.7 Å². The van der Waals surface area contributed by atoms with E-state index in [1.165, 1.54) is 12.1 Å². The second kappa shape index (κ2) is 10.3. The van der Waals surface area contributed by atoms with Gasteiger partial charge in [-0.25, -0.2) is 18.5 Å². The number of nitrogens with zero attached hydrogens (tertiary/aromatic N) is 3. The van der Waals surface area contributed by atoms with Crippen LogP contribution in [-0.2, 0) is 22.8 Å². The average molecular weight is 534 g/mol. The van der Waals surface area contributed by atoms with Gasteiger partial charge in [0.1, 0.15) is 17.3 Å². The minimum Gasteiger partial charge on any atom is -0.463 e. The molecule has 0 saturated heterocycles. The normalized spacial score (nSPS) is 11.3. The molecular weight excluding hydrogens is 518 g/mol. The molecule has 36 heavy (non-hydrogen) atoms. The van der Waals surface area contributed by atoms with E-state index in [1.54, 1.807) is 6.92 Å². The third-order valence-corrected chi connectivity index (χ3v) is 4.87.